The monoisotopic (exact) mass is 283 g/mol. The molecule has 0 atom stereocenters. The van der Waals surface area contributed by atoms with Gasteiger partial charge in [0.25, 0.3) is 0 Å². The van der Waals surface area contributed by atoms with Crippen molar-refractivity contribution in [3.63, 3.8) is 0 Å². The van der Waals surface area contributed by atoms with Gasteiger partial charge in [-0.25, -0.2) is 0 Å². The number of pyridine rings is 1. The standard InChI is InChI=1S/C18H25N3/c1-3-13-4-6-14(7-5-13)21-18-9-8-17(19)16-11-20-12(2)10-15(16)18/h8-11,13-14,21H,3-7,19H2,1-2H3. The van der Waals surface area contributed by atoms with Gasteiger partial charge in [0.15, 0.2) is 0 Å². The smallest absolute Gasteiger partial charge is 0.0424 e. The Balaban J connectivity index is 1.84. The van der Waals surface area contributed by atoms with Crippen LogP contribution in [-0.4, -0.2) is 11.0 Å². The van der Waals surface area contributed by atoms with E-state index in [2.05, 4.69) is 29.4 Å². The van der Waals surface area contributed by atoms with Gasteiger partial charge in [0.05, 0.1) is 0 Å². The Kier molecular flexibility index (Phi) is 4.00. The number of nitrogens with one attached hydrogen (secondary N) is 1. The summed E-state index contributed by atoms with van der Waals surface area (Å²) in [6.07, 6.45) is 8.45. The van der Waals surface area contributed by atoms with E-state index in [-0.39, 0.29) is 0 Å². The first-order valence-electron chi connectivity index (χ1n) is 8.08. The predicted octanol–water partition coefficient (Wildman–Crippen LogP) is 4.51. The first-order chi connectivity index (χ1) is 10.2. The first-order valence-corrected chi connectivity index (χ1v) is 8.08. The minimum absolute atomic E-state index is 0.591. The minimum Gasteiger partial charge on any atom is -0.398 e. The number of aromatic nitrogens is 1. The second-order valence-electron chi connectivity index (χ2n) is 6.34. The Morgan fingerprint density at radius 2 is 1.95 bits per heavy atom. The molecule has 1 aliphatic rings. The molecule has 0 bridgehead atoms. The lowest BCUT2D eigenvalue weighted by Gasteiger charge is -2.29. The maximum absolute atomic E-state index is 6.08. The van der Waals surface area contributed by atoms with Crippen molar-refractivity contribution >= 4 is 22.1 Å². The van der Waals surface area contributed by atoms with Gasteiger partial charge in [-0.05, 0) is 56.7 Å². The number of hydrogen-bond donors (Lipinski definition) is 2. The average Bonchev–Trinajstić information content (AvgIpc) is 2.51. The predicted molar refractivity (Wildman–Crippen MR) is 90.6 cm³/mol. The van der Waals surface area contributed by atoms with Crippen molar-refractivity contribution in [3.05, 3.63) is 30.1 Å². The Morgan fingerprint density at radius 3 is 2.67 bits per heavy atom. The third-order valence-corrected chi connectivity index (χ3v) is 4.86. The largest absolute Gasteiger partial charge is 0.398 e. The fourth-order valence-electron chi connectivity index (χ4n) is 3.43. The van der Waals surface area contributed by atoms with Crippen LogP contribution in [0.15, 0.2) is 24.4 Å². The van der Waals surface area contributed by atoms with E-state index in [9.17, 15) is 0 Å². The quantitative estimate of drug-likeness (QED) is 0.815. The van der Waals surface area contributed by atoms with E-state index in [0.717, 1.165) is 22.7 Å². The van der Waals surface area contributed by atoms with Gasteiger partial charge < -0.3 is 11.1 Å². The lowest BCUT2D eigenvalue weighted by Crippen LogP contribution is -2.26. The van der Waals surface area contributed by atoms with Crippen LogP contribution in [0.3, 0.4) is 0 Å². The molecule has 2 aromatic rings. The first kappa shape index (κ1) is 14.2. The minimum atomic E-state index is 0.591. The van der Waals surface area contributed by atoms with E-state index >= 15 is 0 Å². The number of nitrogens with two attached hydrogens (primary N) is 1. The number of rotatable bonds is 3. The highest BCUT2D eigenvalue weighted by Gasteiger charge is 2.20. The highest BCUT2D eigenvalue weighted by Crippen LogP contribution is 2.32. The third kappa shape index (κ3) is 2.97. The Bertz CT molecular complexity index is 628. The maximum Gasteiger partial charge on any atom is 0.0424 e. The summed E-state index contributed by atoms with van der Waals surface area (Å²) in [4.78, 5) is 4.37. The summed E-state index contributed by atoms with van der Waals surface area (Å²) in [6, 6.07) is 6.82. The van der Waals surface area contributed by atoms with Crippen molar-refractivity contribution in [1.29, 1.82) is 0 Å². The number of hydrogen-bond acceptors (Lipinski definition) is 3. The lowest BCUT2D eigenvalue weighted by atomic mass is 9.84. The molecular formula is C18H25N3. The molecule has 0 aliphatic heterocycles. The van der Waals surface area contributed by atoms with Crippen molar-refractivity contribution in [2.45, 2.75) is 52.0 Å². The van der Waals surface area contributed by atoms with Crippen LogP contribution in [0.5, 0.6) is 0 Å². The van der Waals surface area contributed by atoms with E-state index in [0.29, 0.717) is 6.04 Å². The highest BCUT2D eigenvalue weighted by atomic mass is 14.9. The summed E-state index contributed by atoms with van der Waals surface area (Å²) in [5.74, 6) is 0.928. The van der Waals surface area contributed by atoms with Crippen LogP contribution in [0.25, 0.3) is 10.8 Å². The molecule has 0 amide bonds. The Hall–Kier alpha value is -1.77. The van der Waals surface area contributed by atoms with Gasteiger partial charge in [-0.3, -0.25) is 4.98 Å². The van der Waals surface area contributed by atoms with E-state index in [1.807, 2.05) is 19.2 Å². The zero-order chi connectivity index (χ0) is 14.8. The van der Waals surface area contributed by atoms with Crippen LogP contribution in [-0.2, 0) is 0 Å². The molecule has 112 valence electrons. The summed E-state index contributed by atoms with van der Waals surface area (Å²) >= 11 is 0. The van der Waals surface area contributed by atoms with Crippen LogP contribution >= 0.6 is 0 Å². The zero-order valence-corrected chi connectivity index (χ0v) is 13.0. The van der Waals surface area contributed by atoms with Gasteiger partial charge >= 0.3 is 0 Å². The van der Waals surface area contributed by atoms with Crippen LogP contribution in [0.4, 0.5) is 11.4 Å². The summed E-state index contributed by atoms with van der Waals surface area (Å²) in [7, 11) is 0. The summed E-state index contributed by atoms with van der Waals surface area (Å²) in [5, 5.41) is 5.98. The molecule has 3 N–H and O–H groups in total. The SMILES string of the molecule is CCC1CCC(Nc2ccc(N)c3cnc(C)cc23)CC1. The molecule has 0 spiro atoms. The number of anilines is 2. The van der Waals surface area contributed by atoms with Crippen LogP contribution < -0.4 is 11.1 Å². The average molecular weight is 283 g/mol. The molecule has 3 heteroatoms. The van der Waals surface area contributed by atoms with Crippen molar-refractivity contribution < 1.29 is 0 Å². The maximum atomic E-state index is 6.08. The van der Waals surface area contributed by atoms with E-state index in [1.54, 1.807) is 0 Å². The molecule has 0 saturated heterocycles. The highest BCUT2D eigenvalue weighted by molar-refractivity contribution is 6.00. The molecule has 3 rings (SSSR count). The van der Waals surface area contributed by atoms with E-state index in [4.69, 9.17) is 5.73 Å². The molecule has 1 aromatic carbocycles. The fourth-order valence-corrected chi connectivity index (χ4v) is 3.43. The van der Waals surface area contributed by atoms with Crippen LogP contribution in [0, 0.1) is 12.8 Å². The summed E-state index contributed by atoms with van der Waals surface area (Å²) in [6.45, 7) is 4.33. The van der Waals surface area contributed by atoms with Gasteiger partial charge in [0.1, 0.15) is 0 Å². The molecule has 1 aromatic heterocycles. The molecular weight excluding hydrogens is 258 g/mol. The van der Waals surface area contributed by atoms with E-state index < -0.39 is 0 Å². The van der Waals surface area contributed by atoms with Crippen LogP contribution in [0.1, 0.15) is 44.7 Å². The van der Waals surface area contributed by atoms with E-state index in [1.165, 1.54) is 43.2 Å². The molecule has 3 nitrogen and oxygen atoms in total. The third-order valence-electron chi connectivity index (χ3n) is 4.86. The molecule has 1 heterocycles. The van der Waals surface area contributed by atoms with Crippen LogP contribution in [0.2, 0.25) is 0 Å². The molecule has 0 radical (unpaired) electrons. The van der Waals surface area contributed by atoms with Gasteiger partial charge in [0.2, 0.25) is 0 Å². The van der Waals surface area contributed by atoms with Gasteiger partial charge in [-0.1, -0.05) is 13.3 Å². The molecule has 21 heavy (non-hydrogen) atoms. The van der Waals surface area contributed by atoms with Gasteiger partial charge in [-0.15, -0.1) is 0 Å². The number of nitrogen functional groups attached to an aromatic ring is 1. The molecule has 1 fully saturated rings. The second kappa shape index (κ2) is 5.92. The normalized spacial score (nSPS) is 22.4. The number of aryl methyl sites for hydroxylation is 1. The number of benzene rings is 1. The Morgan fingerprint density at radius 1 is 1.19 bits per heavy atom. The van der Waals surface area contributed by atoms with Crippen molar-refractivity contribution in [2.24, 2.45) is 5.92 Å². The lowest BCUT2D eigenvalue weighted by molar-refractivity contribution is 0.330. The second-order valence-corrected chi connectivity index (χ2v) is 6.34. The number of nitrogens with zero attached hydrogens (tertiary/aromatic N) is 1. The van der Waals surface area contributed by atoms with Crippen molar-refractivity contribution in [1.82, 2.24) is 4.98 Å². The Labute approximate surface area is 127 Å². The zero-order valence-electron chi connectivity index (χ0n) is 13.0. The molecule has 1 aliphatic carbocycles. The van der Waals surface area contributed by atoms with Crippen molar-refractivity contribution in [3.8, 4) is 0 Å². The van der Waals surface area contributed by atoms with Crippen molar-refractivity contribution in [2.75, 3.05) is 11.1 Å². The van der Waals surface area contributed by atoms with Gasteiger partial charge in [0, 0.05) is 40.1 Å². The number of fused-ring (bicyclic) bond motifs is 1. The molecule has 0 unspecified atom stereocenters. The summed E-state index contributed by atoms with van der Waals surface area (Å²) in [5.41, 5.74) is 9.11. The topological polar surface area (TPSA) is 50.9 Å². The fraction of sp³-hybridized carbons (Fsp3) is 0.500. The molecule has 1 saturated carbocycles. The summed E-state index contributed by atoms with van der Waals surface area (Å²) < 4.78 is 0. The van der Waals surface area contributed by atoms with Gasteiger partial charge in [-0.2, -0.15) is 0 Å².